The van der Waals surface area contributed by atoms with Gasteiger partial charge in [0.1, 0.15) is 5.69 Å². The number of hydrogen-bond acceptors (Lipinski definition) is 3. The van der Waals surface area contributed by atoms with E-state index in [2.05, 4.69) is 34.2 Å². The number of pyridine rings is 1. The fraction of sp³-hybridized carbons (Fsp3) is 0.118. The Bertz CT molecular complexity index is 722. The van der Waals surface area contributed by atoms with E-state index in [0.29, 0.717) is 0 Å². The molecule has 0 N–H and O–H groups in total. The second kappa shape index (κ2) is 5.21. The third-order valence-corrected chi connectivity index (χ3v) is 3.47. The minimum atomic E-state index is 0.917. The van der Waals surface area contributed by atoms with Crippen molar-refractivity contribution >= 4 is 0 Å². The molecule has 0 spiro atoms. The van der Waals surface area contributed by atoms with Gasteiger partial charge < -0.3 is 0 Å². The van der Waals surface area contributed by atoms with Crippen LogP contribution >= 0.6 is 0 Å². The molecular formula is C17H15N3. The van der Waals surface area contributed by atoms with Gasteiger partial charge in [-0.3, -0.25) is 4.98 Å². The highest BCUT2D eigenvalue weighted by molar-refractivity contribution is 5.82. The quantitative estimate of drug-likeness (QED) is 0.704. The molecule has 2 heterocycles. The fourth-order valence-corrected chi connectivity index (χ4v) is 2.28. The van der Waals surface area contributed by atoms with Crippen LogP contribution in [0, 0.1) is 13.8 Å². The number of benzene rings is 1. The van der Waals surface area contributed by atoms with Gasteiger partial charge in [0.25, 0.3) is 0 Å². The fourth-order valence-electron chi connectivity index (χ4n) is 2.28. The smallest absolute Gasteiger partial charge is 0.101 e. The van der Waals surface area contributed by atoms with Crippen LogP contribution in [0.3, 0.4) is 0 Å². The van der Waals surface area contributed by atoms with Gasteiger partial charge in [-0.1, -0.05) is 30.3 Å². The topological polar surface area (TPSA) is 38.7 Å². The van der Waals surface area contributed by atoms with Crippen LogP contribution in [0.15, 0.2) is 54.9 Å². The lowest BCUT2D eigenvalue weighted by Crippen LogP contribution is -1.99. The van der Waals surface area contributed by atoms with Gasteiger partial charge in [-0.15, -0.1) is 5.10 Å². The van der Waals surface area contributed by atoms with E-state index < -0.39 is 0 Å². The molecule has 1 aromatic carbocycles. The summed E-state index contributed by atoms with van der Waals surface area (Å²) in [6.07, 6.45) is 3.61. The maximum absolute atomic E-state index is 4.42. The maximum atomic E-state index is 4.42. The van der Waals surface area contributed by atoms with Crippen LogP contribution in [0.25, 0.3) is 22.4 Å². The van der Waals surface area contributed by atoms with Gasteiger partial charge in [0.2, 0.25) is 0 Å². The molecular weight excluding hydrogens is 246 g/mol. The van der Waals surface area contributed by atoms with Gasteiger partial charge >= 0.3 is 0 Å². The van der Waals surface area contributed by atoms with Gasteiger partial charge in [-0.25, -0.2) is 0 Å². The number of aryl methyl sites for hydroxylation is 1. The second-order valence-electron chi connectivity index (χ2n) is 4.74. The first-order chi connectivity index (χ1) is 9.77. The molecule has 0 unspecified atom stereocenters. The Morgan fingerprint density at radius 2 is 1.45 bits per heavy atom. The Morgan fingerprint density at radius 3 is 2.15 bits per heavy atom. The number of rotatable bonds is 2. The SMILES string of the molecule is Cc1nnc(-c2ccccc2)c(-c2ccncc2)c1C. The van der Waals surface area contributed by atoms with Gasteiger partial charge in [-0.05, 0) is 37.1 Å². The Hall–Kier alpha value is -2.55. The van der Waals surface area contributed by atoms with Gasteiger partial charge in [-0.2, -0.15) is 5.10 Å². The molecule has 3 aromatic rings. The zero-order chi connectivity index (χ0) is 13.9. The van der Waals surface area contributed by atoms with Crippen LogP contribution in [0.1, 0.15) is 11.3 Å². The van der Waals surface area contributed by atoms with Gasteiger partial charge in [0, 0.05) is 23.5 Å². The van der Waals surface area contributed by atoms with E-state index in [9.17, 15) is 0 Å². The highest BCUT2D eigenvalue weighted by atomic mass is 15.1. The van der Waals surface area contributed by atoms with Crippen molar-refractivity contribution < 1.29 is 0 Å². The first-order valence-corrected chi connectivity index (χ1v) is 6.57. The van der Waals surface area contributed by atoms with Crippen molar-refractivity contribution in [1.29, 1.82) is 0 Å². The summed E-state index contributed by atoms with van der Waals surface area (Å²) in [5, 5.41) is 8.69. The lowest BCUT2D eigenvalue weighted by Gasteiger charge is -2.13. The predicted molar refractivity (Wildman–Crippen MR) is 80.2 cm³/mol. The minimum Gasteiger partial charge on any atom is -0.265 e. The molecule has 0 fully saturated rings. The predicted octanol–water partition coefficient (Wildman–Crippen LogP) is 3.82. The third kappa shape index (κ3) is 2.18. The van der Waals surface area contributed by atoms with Crippen LogP contribution in [0.4, 0.5) is 0 Å². The summed E-state index contributed by atoms with van der Waals surface area (Å²) in [5.41, 5.74) is 6.36. The summed E-state index contributed by atoms with van der Waals surface area (Å²) < 4.78 is 0. The summed E-state index contributed by atoms with van der Waals surface area (Å²) in [6.45, 7) is 4.08. The largest absolute Gasteiger partial charge is 0.265 e. The first-order valence-electron chi connectivity index (χ1n) is 6.57. The van der Waals surface area contributed by atoms with E-state index in [1.165, 1.54) is 0 Å². The zero-order valence-electron chi connectivity index (χ0n) is 11.5. The van der Waals surface area contributed by atoms with Crippen molar-refractivity contribution in [3.05, 3.63) is 66.1 Å². The Kier molecular flexibility index (Phi) is 3.25. The minimum absolute atomic E-state index is 0.917. The molecule has 0 aliphatic carbocycles. The molecule has 20 heavy (non-hydrogen) atoms. The van der Waals surface area contributed by atoms with E-state index >= 15 is 0 Å². The van der Waals surface area contributed by atoms with E-state index in [1.54, 1.807) is 12.4 Å². The molecule has 3 heteroatoms. The van der Waals surface area contributed by atoms with Crippen molar-refractivity contribution in [3.8, 4) is 22.4 Å². The summed E-state index contributed by atoms with van der Waals surface area (Å²) in [5.74, 6) is 0. The molecule has 0 aliphatic heterocycles. The van der Waals surface area contributed by atoms with Crippen LogP contribution in [0.5, 0.6) is 0 Å². The number of nitrogens with zero attached hydrogens (tertiary/aromatic N) is 3. The van der Waals surface area contributed by atoms with Crippen LogP contribution in [-0.2, 0) is 0 Å². The molecule has 3 nitrogen and oxygen atoms in total. The van der Waals surface area contributed by atoms with E-state index in [1.807, 2.05) is 37.3 Å². The molecule has 98 valence electrons. The molecule has 0 aliphatic rings. The summed E-state index contributed by atoms with van der Waals surface area (Å²) >= 11 is 0. The van der Waals surface area contributed by atoms with Crippen molar-refractivity contribution in [2.24, 2.45) is 0 Å². The van der Waals surface area contributed by atoms with E-state index in [0.717, 1.165) is 33.6 Å². The number of hydrogen-bond donors (Lipinski definition) is 0. The van der Waals surface area contributed by atoms with Crippen LogP contribution < -0.4 is 0 Å². The maximum Gasteiger partial charge on any atom is 0.101 e. The Balaban J connectivity index is 2.29. The van der Waals surface area contributed by atoms with Crippen molar-refractivity contribution in [3.63, 3.8) is 0 Å². The first kappa shape index (κ1) is 12.5. The molecule has 0 bridgehead atoms. The third-order valence-electron chi connectivity index (χ3n) is 3.47. The van der Waals surface area contributed by atoms with Crippen LogP contribution in [0.2, 0.25) is 0 Å². The average molecular weight is 261 g/mol. The standard InChI is InChI=1S/C17H15N3/c1-12-13(2)19-20-17(15-6-4-3-5-7-15)16(12)14-8-10-18-11-9-14/h3-11H,1-2H3. The number of aromatic nitrogens is 3. The van der Waals surface area contributed by atoms with E-state index in [4.69, 9.17) is 0 Å². The lowest BCUT2D eigenvalue weighted by molar-refractivity contribution is 0.970. The van der Waals surface area contributed by atoms with Crippen molar-refractivity contribution in [1.82, 2.24) is 15.2 Å². The molecule has 0 saturated carbocycles. The van der Waals surface area contributed by atoms with Crippen LogP contribution in [-0.4, -0.2) is 15.2 Å². The van der Waals surface area contributed by atoms with Gasteiger partial charge in [0.15, 0.2) is 0 Å². The molecule has 2 aromatic heterocycles. The summed E-state index contributed by atoms with van der Waals surface area (Å²) in [4.78, 5) is 4.09. The van der Waals surface area contributed by atoms with Crippen molar-refractivity contribution in [2.45, 2.75) is 13.8 Å². The monoisotopic (exact) mass is 261 g/mol. The highest BCUT2D eigenvalue weighted by Crippen LogP contribution is 2.33. The summed E-state index contributed by atoms with van der Waals surface area (Å²) in [7, 11) is 0. The molecule has 0 amide bonds. The molecule has 0 radical (unpaired) electrons. The summed E-state index contributed by atoms with van der Waals surface area (Å²) in [6, 6.07) is 14.2. The second-order valence-corrected chi connectivity index (χ2v) is 4.74. The van der Waals surface area contributed by atoms with Gasteiger partial charge in [0.05, 0.1) is 5.69 Å². The lowest BCUT2D eigenvalue weighted by atomic mass is 9.96. The normalized spacial score (nSPS) is 10.5. The molecule has 3 rings (SSSR count). The van der Waals surface area contributed by atoms with E-state index in [-0.39, 0.29) is 0 Å². The Labute approximate surface area is 118 Å². The zero-order valence-corrected chi connectivity index (χ0v) is 11.5. The molecule has 0 atom stereocenters. The molecule has 0 saturated heterocycles. The average Bonchev–Trinajstić information content (AvgIpc) is 2.51. The highest BCUT2D eigenvalue weighted by Gasteiger charge is 2.14. The van der Waals surface area contributed by atoms with Crippen molar-refractivity contribution in [2.75, 3.05) is 0 Å². The Morgan fingerprint density at radius 1 is 0.750 bits per heavy atom.